The summed E-state index contributed by atoms with van der Waals surface area (Å²) in [5.41, 5.74) is 5.44. The number of hydrogen-bond donors (Lipinski definition) is 0. The average molecular weight is 355 g/mol. The first-order valence-electron chi connectivity index (χ1n) is 9.39. The van der Waals surface area contributed by atoms with E-state index in [1.54, 1.807) is 0 Å². The van der Waals surface area contributed by atoms with Crippen molar-refractivity contribution in [3.63, 3.8) is 0 Å². The molecule has 2 aliphatic rings. The Morgan fingerprint density at radius 2 is 1.54 bits per heavy atom. The molecule has 2 aliphatic heterocycles. The summed E-state index contributed by atoms with van der Waals surface area (Å²) in [7, 11) is 0. The van der Waals surface area contributed by atoms with E-state index < -0.39 is 0 Å². The molecule has 3 heterocycles. The van der Waals surface area contributed by atoms with Crippen LogP contribution in [0.2, 0.25) is 0 Å². The lowest BCUT2D eigenvalue weighted by Gasteiger charge is -2.07. The lowest BCUT2D eigenvalue weighted by atomic mass is 9.98. The molecule has 0 bridgehead atoms. The summed E-state index contributed by atoms with van der Waals surface area (Å²) in [6.07, 6.45) is 1.85. The van der Waals surface area contributed by atoms with E-state index in [9.17, 15) is 0 Å². The van der Waals surface area contributed by atoms with Crippen molar-refractivity contribution in [2.45, 2.75) is 0 Å². The van der Waals surface area contributed by atoms with Crippen LogP contribution in [0.5, 0.6) is 0 Å². The molecule has 5 aromatic rings. The molecular formula is C25H13N3. The van der Waals surface area contributed by atoms with Crippen molar-refractivity contribution in [2.24, 2.45) is 9.98 Å². The van der Waals surface area contributed by atoms with Gasteiger partial charge in [-0.15, -0.1) is 0 Å². The van der Waals surface area contributed by atoms with Crippen LogP contribution in [-0.2, 0) is 0 Å². The van der Waals surface area contributed by atoms with Crippen molar-refractivity contribution < 1.29 is 0 Å². The summed E-state index contributed by atoms with van der Waals surface area (Å²) in [6.45, 7) is 0. The van der Waals surface area contributed by atoms with Gasteiger partial charge in [0.05, 0.1) is 27.6 Å². The van der Waals surface area contributed by atoms with Gasteiger partial charge in [0.2, 0.25) is 0 Å². The molecule has 128 valence electrons. The van der Waals surface area contributed by atoms with Gasteiger partial charge in [0.1, 0.15) is 0 Å². The van der Waals surface area contributed by atoms with E-state index in [0.717, 1.165) is 49.0 Å². The lowest BCUT2D eigenvalue weighted by molar-refractivity contribution is 1.36. The zero-order valence-corrected chi connectivity index (χ0v) is 14.8. The summed E-state index contributed by atoms with van der Waals surface area (Å²) in [5.74, 6) is 0. The summed E-state index contributed by atoms with van der Waals surface area (Å²) in [6, 6.07) is 25.3. The van der Waals surface area contributed by atoms with Gasteiger partial charge in [-0.3, -0.25) is 4.98 Å². The van der Waals surface area contributed by atoms with Crippen LogP contribution in [0.3, 0.4) is 0 Å². The van der Waals surface area contributed by atoms with Gasteiger partial charge in [-0.1, -0.05) is 48.5 Å². The first kappa shape index (κ1) is 14.2. The molecule has 0 saturated heterocycles. The summed E-state index contributed by atoms with van der Waals surface area (Å²) >= 11 is 0. The fraction of sp³-hybridized carbons (Fsp3) is 0. The Labute approximate surface area is 159 Å². The Morgan fingerprint density at radius 1 is 0.643 bits per heavy atom. The first-order valence-corrected chi connectivity index (χ1v) is 9.39. The zero-order valence-electron chi connectivity index (χ0n) is 14.8. The molecule has 7 rings (SSSR count). The minimum Gasteiger partial charge on any atom is -0.256 e. The van der Waals surface area contributed by atoms with E-state index in [-0.39, 0.29) is 0 Å². The van der Waals surface area contributed by atoms with Crippen LogP contribution in [0.1, 0.15) is 0 Å². The van der Waals surface area contributed by atoms with E-state index in [1.807, 2.05) is 18.3 Å². The number of fused-ring (bicyclic) bond motifs is 10. The van der Waals surface area contributed by atoms with Gasteiger partial charge in [0, 0.05) is 43.9 Å². The van der Waals surface area contributed by atoms with Gasteiger partial charge in [0.15, 0.2) is 0 Å². The molecule has 0 fully saturated rings. The third-order valence-electron chi connectivity index (χ3n) is 5.82. The van der Waals surface area contributed by atoms with Gasteiger partial charge < -0.3 is 0 Å². The zero-order chi connectivity index (χ0) is 18.2. The smallest absolute Gasteiger partial charge is 0.0817 e. The highest BCUT2D eigenvalue weighted by molar-refractivity contribution is 6.12. The quantitative estimate of drug-likeness (QED) is 0.358. The lowest BCUT2D eigenvalue weighted by Crippen LogP contribution is -2.05. The fourth-order valence-electron chi connectivity index (χ4n) is 4.57. The van der Waals surface area contributed by atoms with E-state index in [2.05, 4.69) is 65.6 Å². The van der Waals surface area contributed by atoms with Gasteiger partial charge in [-0.25, -0.2) is 9.98 Å². The molecule has 3 heteroatoms. The molecule has 0 unspecified atom stereocenters. The second-order valence-electron chi connectivity index (χ2n) is 7.29. The third-order valence-corrected chi connectivity index (χ3v) is 5.82. The minimum atomic E-state index is 1.01. The van der Waals surface area contributed by atoms with Crippen LogP contribution in [-0.4, -0.2) is 4.98 Å². The van der Waals surface area contributed by atoms with Crippen LogP contribution in [0.15, 0.2) is 89.0 Å². The number of aromatic nitrogens is 1. The van der Waals surface area contributed by atoms with Crippen LogP contribution in [0, 0.1) is 10.4 Å². The summed E-state index contributed by atoms with van der Waals surface area (Å²) in [4.78, 5) is 14.5. The predicted octanol–water partition coefficient (Wildman–Crippen LogP) is 4.87. The number of hydrogen-bond acceptors (Lipinski definition) is 3. The normalized spacial score (nSPS) is 12.9. The van der Waals surface area contributed by atoms with E-state index in [0.29, 0.717) is 0 Å². The maximum Gasteiger partial charge on any atom is 0.0817 e. The number of benzene rings is 4. The van der Waals surface area contributed by atoms with Crippen molar-refractivity contribution in [1.29, 1.82) is 0 Å². The van der Waals surface area contributed by atoms with Gasteiger partial charge in [-0.05, 0) is 24.3 Å². The fourth-order valence-corrected chi connectivity index (χ4v) is 4.57. The van der Waals surface area contributed by atoms with Crippen LogP contribution < -0.4 is 10.7 Å². The Morgan fingerprint density at radius 3 is 2.54 bits per heavy atom. The molecule has 0 spiro atoms. The van der Waals surface area contributed by atoms with Gasteiger partial charge in [-0.2, -0.15) is 0 Å². The standard InChI is InChI=1S/C25H13N3/c1-2-6-20-19(5-1)22-21(27-20)12-11-18-17-10-9-15-16(24(17)28-25(18)22)8-7-14-4-3-13-26-23(14)15/h1-13H. The highest BCUT2D eigenvalue weighted by Gasteiger charge is 2.20. The second kappa shape index (κ2) is 4.90. The molecule has 0 N–H and O–H groups in total. The van der Waals surface area contributed by atoms with E-state index in [4.69, 9.17) is 9.98 Å². The van der Waals surface area contributed by atoms with Gasteiger partial charge >= 0.3 is 0 Å². The highest BCUT2D eigenvalue weighted by atomic mass is 14.8. The van der Waals surface area contributed by atoms with Crippen molar-refractivity contribution in [3.05, 3.63) is 100 Å². The molecule has 1 aromatic heterocycles. The molecule has 0 aliphatic carbocycles. The van der Waals surface area contributed by atoms with Crippen LogP contribution in [0.4, 0.5) is 11.4 Å². The Kier molecular flexibility index (Phi) is 2.49. The maximum atomic E-state index is 5.13. The third kappa shape index (κ3) is 1.66. The summed E-state index contributed by atoms with van der Waals surface area (Å²) < 4.78 is 0. The highest BCUT2D eigenvalue weighted by Crippen LogP contribution is 2.41. The van der Waals surface area contributed by atoms with E-state index in [1.165, 1.54) is 16.3 Å². The molecule has 0 saturated carbocycles. The van der Waals surface area contributed by atoms with Crippen LogP contribution >= 0.6 is 0 Å². The second-order valence-corrected chi connectivity index (χ2v) is 7.29. The molecule has 4 aromatic carbocycles. The van der Waals surface area contributed by atoms with Crippen molar-refractivity contribution in [3.8, 4) is 11.1 Å². The molecule has 3 nitrogen and oxygen atoms in total. The van der Waals surface area contributed by atoms with Crippen molar-refractivity contribution >= 4 is 33.1 Å². The minimum absolute atomic E-state index is 1.01. The van der Waals surface area contributed by atoms with E-state index >= 15 is 0 Å². The van der Waals surface area contributed by atoms with Gasteiger partial charge in [0.25, 0.3) is 0 Å². The molecule has 0 radical (unpaired) electrons. The molecular weight excluding hydrogens is 342 g/mol. The Balaban J connectivity index is 1.68. The SMILES string of the molecule is c1ccc2c(c1)=Nc1ccc3c(c1=2)=Nc1c-3ccc2c1ccc1cccnc12. The van der Waals surface area contributed by atoms with Crippen LogP contribution in [0.25, 0.3) is 32.8 Å². The van der Waals surface area contributed by atoms with Crippen molar-refractivity contribution in [2.75, 3.05) is 0 Å². The molecule has 28 heavy (non-hydrogen) atoms. The number of pyridine rings is 1. The topological polar surface area (TPSA) is 37.6 Å². The largest absolute Gasteiger partial charge is 0.256 e. The number of rotatable bonds is 0. The average Bonchev–Trinajstić information content (AvgIpc) is 3.31. The predicted molar refractivity (Wildman–Crippen MR) is 110 cm³/mol. The maximum absolute atomic E-state index is 5.13. The molecule has 0 amide bonds. The Bertz CT molecular complexity index is 1720. The first-order chi connectivity index (χ1) is 13.9. The number of para-hydroxylation sites is 1. The summed E-state index contributed by atoms with van der Waals surface area (Å²) in [5, 5.41) is 7.83. The number of nitrogens with zero attached hydrogens (tertiary/aromatic N) is 3. The monoisotopic (exact) mass is 355 g/mol. The Hall–Kier alpha value is -3.85. The molecule has 0 atom stereocenters. The van der Waals surface area contributed by atoms with Crippen molar-refractivity contribution in [1.82, 2.24) is 4.98 Å².